The van der Waals surface area contributed by atoms with Crippen LogP contribution in [0.4, 0.5) is 0 Å². The molecule has 5 heteroatoms. The first-order chi connectivity index (χ1) is 8.24. The minimum Gasteiger partial charge on any atom is -0.274 e. The van der Waals surface area contributed by atoms with Crippen LogP contribution in [0, 0.1) is 0 Å². The zero-order valence-corrected chi connectivity index (χ0v) is 11.3. The van der Waals surface area contributed by atoms with Gasteiger partial charge in [-0.3, -0.25) is 9.63 Å². The minimum atomic E-state index is -0.0847. The molecule has 0 radical (unpaired) electrons. The van der Waals surface area contributed by atoms with Crippen LogP contribution in [0.2, 0.25) is 5.02 Å². The lowest BCUT2D eigenvalue weighted by molar-refractivity contribution is -0.132. The van der Waals surface area contributed by atoms with E-state index in [0.29, 0.717) is 13.0 Å². The van der Waals surface area contributed by atoms with Crippen LogP contribution in [0.1, 0.15) is 18.9 Å². The zero-order valence-electron chi connectivity index (χ0n) is 9.74. The second-order valence-electron chi connectivity index (χ2n) is 3.35. The van der Waals surface area contributed by atoms with E-state index in [4.69, 9.17) is 16.4 Å². The molecule has 0 saturated heterocycles. The van der Waals surface area contributed by atoms with Gasteiger partial charge >= 0.3 is 0 Å². The van der Waals surface area contributed by atoms with E-state index in [1.165, 1.54) is 0 Å². The molecule has 3 nitrogen and oxygen atoms in total. The highest BCUT2D eigenvalue weighted by Crippen LogP contribution is 2.20. The fraction of sp³-hybridized carbons (Fsp3) is 0.417. The fourth-order valence-electron chi connectivity index (χ4n) is 1.17. The van der Waals surface area contributed by atoms with Gasteiger partial charge < -0.3 is 0 Å². The average molecular weight is 274 g/mol. The van der Waals surface area contributed by atoms with Crippen molar-refractivity contribution >= 4 is 29.3 Å². The Kier molecular flexibility index (Phi) is 7.08. The number of hydrogen-bond acceptors (Lipinski definition) is 3. The third-order valence-corrected chi connectivity index (χ3v) is 3.40. The van der Waals surface area contributed by atoms with Crippen LogP contribution in [-0.2, 0) is 15.4 Å². The summed E-state index contributed by atoms with van der Waals surface area (Å²) in [5.41, 5.74) is 3.47. The standard InChI is InChI=1S/C12H16ClNO2S/c1-2-16-14-12(15)7-8-17-9-10-5-3-4-6-11(10)13/h3-6H,2,7-9H2,1H3,(H,14,15). The molecule has 1 aromatic carbocycles. The Morgan fingerprint density at radius 3 is 2.94 bits per heavy atom. The Morgan fingerprint density at radius 1 is 1.47 bits per heavy atom. The fourth-order valence-corrected chi connectivity index (χ4v) is 2.39. The Balaban J connectivity index is 2.16. The number of rotatable bonds is 7. The summed E-state index contributed by atoms with van der Waals surface area (Å²) in [6, 6.07) is 7.74. The lowest BCUT2D eigenvalue weighted by Crippen LogP contribution is -2.23. The summed E-state index contributed by atoms with van der Waals surface area (Å²) in [5.74, 6) is 1.49. The Hall–Kier alpha value is -0.710. The average Bonchev–Trinajstić information content (AvgIpc) is 2.34. The summed E-state index contributed by atoms with van der Waals surface area (Å²) in [5, 5.41) is 0.777. The number of halogens is 1. The van der Waals surface area contributed by atoms with Gasteiger partial charge in [-0.1, -0.05) is 29.8 Å². The molecule has 0 fully saturated rings. The van der Waals surface area contributed by atoms with E-state index in [1.807, 2.05) is 31.2 Å². The van der Waals surface area contributed by atoms with Crippen molar-refractivity contribution in [1.82, 2.24) is 5.48 Å². The van der Waals surface area contributed by atoms with Crippen molar-refractivity contribution in [2.45, 2.75) is 19.1 Å². The Labute approximate surface area is 111 Å². The predicted molar refractivity (Wildman–Crippen MR) is 72.0 cm³/mol. The number of thioether (sulfide) groups is 1. The quantitative estimate of drug-likeness (QED) is 0.613. The largest absolute Gasteiger partial charge is 0.274 e. The molecule has 0 aromatic heterocycles. The number of benzene rings is 1. The molecular formula is C12H16ClNO2S. The maximum atomic E-state index is 11.2. The second-order valence-corrected chi connectivity index (χ2v) is 4.86. The molecule has 0 unspecified atom stereocenters. The van der Waals surface area contributed by atoms with Gasteiger partial charge in [-0.2, -0.15) is 11.8 Å². The molecule has 0 aliphatic rings. The first-order valence-electron chi connectivity index (χ1n) is 5.45. The van der Waals surface area contributed by atoms with Crippen molar-refractivity contribution in [1.29, 1.82) is 0 Å². The summed E-state index contributed by atoms with van der Waals surface area (Å²) >= 11 is 7.70. The van der Waals surface area contributed by atoms with Crippen LogP contribution in [0.3, 0.4) is 0 Å². The van der Waals surface area contributed by atoms with Crippen molar-refractivity contribution in [3.8, 4) is 0 Å². The van der Waals surface area contributed by atoms with Crippen molar-refractivity contribution in [3.63, 3.8) is 0 Å². The topological polar surface area (TPSA) is 38.3 Å². The van der Waals surface area contributed by atoms with Crippen molar-refractivity contribution in [2.24, 2.45) is 0 Å². The van der Waals surface area contributed by atoms with Crippen LogP contribution >= 0.6 is 23.4 Å². The summed E-state index contributed by atoms with van der Waals surface area (Å²) < 4.78 is 0. The maximum Gasteiger partial charge on any atom is 0.244 e. The molecule has 1 rings (SSSR count). The minimum absolute atomic E-state index is 0.0847. The summed E-state index contributed by atoms with van der Waals surface area (Å²) in [6.45, 7) is 2.31. The predicted octanol–water partition coefficient (Wildman–Crippen LogP) is 3.03. The molecule has 0 saturated carbocycles. The highest BCUT2D eigenvalue weighted by Gasteiger charge is 2.02. The van der Waals surface area contributed by atoms with Crippen molar-refractivity contribution in [2.75, 3.05) is 12.4 Å². The second kappa shape index (κ2) is 8.39. The molecule has 94 valence electrons. The molecule has 17 heavy (non-hydrogen) atoms. The van der Waals surface area contributed by atoms with Gasteiger partial charge in [-0.05, 0) is 18.6 Å². The van der Waals surface area contributed by atoms with E-state index < -0.39 is 0 Å². The van der Waals surface area contributed by atoms with Crippen LogP contribution < -0.4 is 5.48 Å². The van der Waals surface area contributed by atoms with Crippen molar-refractivity contribution in [3.05, 3.63) is 34.9 Å². The van der Waals surface area contributed by atoms with Gasteiger partial charge in [0.05, 0.1) is 6.61 Å². The van der Waals surface area contributed by atoms with E-state index in [9.17, 15) is 4.79 Å². The van der Waals surface area contributed by atoms with E-state index >= 15 is 0 Å². The van der Waals surface area contributed by atoms with Gasteiger partial charge in [0, 0.05) is 22.9 Å². The Morgan fingerprint density at radius 2 is 2.24 bits per heavy atom. The van der Waals surface area contributed by atoms with Crippen LogP contribution in [0.25, 0.3) is 0 Å². The lowest BCUT2D eigenvalue weighted by Gasteiger charge is -2.05. The monoisotopic (exact) mass is 273 g/mol. The number of hydrogen-bond donors (Lipinski definition) is 1. The van der Waals surface area contributed by atoms with Crippen LogP contribution in [0.15, 0.2) is 24.3 Å². The number of carbonyl (C=O) groups excluding carboxylic acids is 1. The number of amides is 1. The van der Waals surface area contributed by atoms with Gasteiger partial charge in [0.15, 0.2) is 0 Å². The normalized spacial score (nSPS) is 10.2. The van der Waals surface area contributed by atoms with E-state index in [1.54, 1.807) is 11.8 Å². The molecule has 1 N–H and O–H groups in total. The summed E-state index contributed by atoms with van der Waals surface area (Å²) in [7, 11) is 0. The van der Waals surface area contributed by atoms with E-state index in [2.05, 4.69) is 5.48 Å². The smallest absolute Gasteiger partial charge is 0.244 e. The van der Waals surface area contributed by atoms with Gasteiger partial charge in [0.25, 0.3) is 0 Å². The molecular weight excluding hydrogens is 258 g/mol. The van der Waals surface area contributed by atoms with Gasteiger partial charge in [-0.15, -0.1) is 0 Å². The van der Waals surface area contributed by atoms with Gasteiger partial charge in [0.1, 0.15) is 0 Å². The Bertz CT molecular complexity index is 360. The molecule has 1 amide bonds. The molecule has 0 bridgehead atoms. The maximum absolute atomic E-state index is 11.2. The summed E-state index contributed by atoms with van der Waals surface area (Å²) in [6.07, 6.45) is 0.453. The van der Waals surface area contributed by atoms with Gasteiger partial charge in [0.2, 0.25) is 5.91 Å². The third-order valence-electron chi connectivity index (χ3n) is 2.02. The highest BCUT2D eigenvalue weighted by atomic mass is 35.5. The molecule has 0 atom stereocenters. The summed E-state index contributed by atoms with van der Waals surface area (Å²) in [4.78, 5) is 16.0. The zero-order chi connectivity index (χ0) is 12.5. The SMILES string of the molecule is CCONC(=O)CCSCc1ccccc1Cl. The van der Waals surface area contributed by atoms with Crippen LogP contribution in [0.5, 0.6) is 0 Å². The van der Waals surface area contributed by atoms with Gasteiger partial charge in [-0.25, -0.2) is 5.48 Å². The number of hydroxylamine groups is 1. The highest BCUT2D eigenvalue weighted by molar-refractivity contribution is 7.98. The molecule has 0 aliphatic heterocycles. The molecule has 0 aliphatic carbocycles. The van der Waals surface area contributed by atoms with Crippen molar-refractivity contribution < 1.29 is 9.63 Å². The first-order valence-corrected chi connectivity index (χ1v) is 6.99. The van der Waals surface area contributed by atoms with E-state index in [0.717, 1.165) is 22.1 Å². The number of carbonyl (C=O) groups is 1. The van der Waals surface area contributed by atoms with E-state index in [-0.39, 0.29) is 5.91 Å². The first kappa shape index (κ1) is 14.4. The molecule has 1 aromatic rings. The molecule has 0 heterocycles. The lowest BCUT2D eigenvalue weighted by atomic mass is 10.2. The molecule has 0 spiro atoms. The number of nitrogens with one attached hydrogen (secondary N) is 1. The third kappa shape index (κ3) is 5.96. The van der Waals surface area contributed by atoms with Crippen LogP contribution in [-0.4, -0.2) is 18.3 Å².